The van der Waals surface area contributed by atoms with Gasteiger partial charge in [0, 0.05) is 25.5 Å². The van der Waals surface area contributed by atoms with Crippen molar-refractivity contribution in [1.82, 2.24) is 0 Å². The summed E-state index contributed by atoms with van der Waals surface area (Å²) in [6, 6.07) is 17.6. The van der Waals surface area contributed by atoms with Gasteiger partial charge in [-0.25, -0.2) is 0 Å². The lowest BCUT2D eigenvalue weighted by molar-refractivity contribution is 0.511. The van der Waals surface area contributed by atoms with E-state index in [0.717, 1.165) is 0 Å². The van der Waals surface area contributed by atoms with Gasteiger partial charge in [-0.1, -0.05) is 48.6 Å². The van der Waals surface area contributed by atoms with Crippen LogP contribution in [0.5, 0.6) is 0 Å². The predicted octanol–water partition coefficient (Wildman–Crippen LogP) is 4.84. The van der Waals surface area contributed by atoms with Crippen molar-refractivity contribution in [3.8, 4) is 0 Å². The molecule has 0 amide bonds. The van der Waals surface area contributed by atoms with Crippen molar-refractivity contribution >= 4 is 11.4 Å². The van der Waals surface area contributed by atoms with Crippen molar-refractivity contribution < 1.29 is 0 Å². The van der Waals surface area contributed by atoms with Gasteiger partial charge in [-0.15, -0.1) is 0 Å². The molecule has 2 nitrogen and oxygen atoms in total. The van der Waals surface area contributed by atoms with E-state index in [1.807, 2.05) is 14.1 Å². The lowest BCUT2D eigenvalue weighted by Gasteiger charge is -2.31. The summed E-state index contributed by atoms with van der Waals surface area (Å²) in [5, 5.41) is 6.79. The van der Waals surface area contributed by atoms with E-state index in [0.29, 0.717) is 23.7 Å². The fourth-order valence-corrected chi connectivity index (χ4v) is 4.70. The number of rotatable bonds is 4. The zero-order valence-electron chi connectivity index (χ0n) is 13.8. The van der Waals surface area contributed by atoms with Gasteiger partial charge in [-0.2, -0.15) is 0 Å². The summed E-state index contributed by atoms with van der Waals surface area (Å²) < 4.78 is 0. The summed E-state index contributed by atoms with van der Waals surface area (Å²) in [4.78, 5) is 0. The average Bonchev–Trinajstić information content (AvgIpc) is 3.22. The van der Waals surface area contributed by atoms with Crippen LogP contribution in [-0.2, 0) is 0 Å². The Morgan fingerprint density at radius 2 is 1.13 bits per heavy atom. The summed E-state index contributed by atoms with van der Waals surface area (Å²) in [7, 11) is 4.05. The quantitative estimate of drug-likeness (QED) is 0.790. The van der Waals surface area contributed by atoms with Crippen molar-refractivity contribution in [2.75, 3.05) is 24.7 Å². The van der Waals surface area contributed by atoms with E-state index in [1.165, 1.54) is 28.9 Å². The van der Waals surface area contributed by atoms with E-state index >= 15 is 0 Å². The normalized spacial score (nSPS) is 28.1. The highest BCUT2D eigenvalue weighted by atomic mass is 14.8. The molecule has 0 heterocycles. The first-order valence-electron chi connectivity index (χ1n) is 8.55. The summed E-state index contributed by atoms with van der Waals surface area (Å²) in [5.74, 6) is 2.43. The lowest BCUT2D eigenvalue weighted by atomic mass is 9.74. The first kappa shape index (κ1) is 14.4. The molecule has 0 spiro atoms. The van der Waals surface area contributed by atoms with Crippen molar-refractivity contribution in [2.24, 2.45) is 11.8 Å². The molecule has 0 aliphatic heterocycles. The van der Waals surface area contributed by atoms with Crippen LogP contribution in [0.2, 0.25) is 0 Å². The van der Waals surface area contributed by atoms with Gasteiger partial charge in [0.2, 0.25) is 0 Å². The molecule has 4 atom stereocenters. The Morgan fingerprint density at radius 3 is 1.57 bits per heavy atom. The number of hydrogen-bond acceptors (Lipinski definition) is 2. The Balaban J connectivity index is 1.83. The smallest absolute Gasteiger partial charge is 0.0373 e. The molecule has 2 aromatic rings. The molecule has 2 aromatic carbocycles. The summed E-state index contributed by atoms with van der Waals surface area (Å²) in [5.41, 5.74) is 5.46. The van der Waals surface area contributed by atoms with Crippen molar-refractivity contribution in [2.45, 2.75) is 18.3 Å². The fraction of sp³-hybridized carbons (Fsp3) is 0.333. The van der Waals surface area contributed by atoms with Crippen LogP contribution in [0.3, 0.4) is 0 Å². The Hall–Kier alpha value is -2.22. The lowest BCUT2D eigenvalue weighted by Crippen LogP contribution is -2.18. The molecule has 2 heteroatoms. The topological polar surface area (TPSA) is 24.1 Å². The van der Waals surface area contributed by atoms with Gasteiger partial charge in [0.15, 0.2) is 0 Å². The fourth-order valence-electron chi connectivity index (χ4n) is 4.70. The second-order valence-electron chi connectivity index (χ2n) is 6.67. The SMILES string of the molecule is CNc1ccccc1C1C2C=CC(C2)C1c1ccccc1NC. The van der Waals surface area contributed by atoms with Gasteiger partial charge < -0.3 is 10.6 Å². The second-order valence-corrected chi connectivity index (χ2v) is 6.67. The average molecular weight is 304 g/mol. The predicted molar refractivity (Wildman–Crippen MR) is 98.2 cm³/mol. The molecular formula is C21H24N2. The molecule has 2 aliphatic rings. The molecule has 4 unspecified atom stereocenters. The van der Waals surface area contributed by atoms with E-state index < -0.39 is 0 Å². The molecular weight excluding hydrogens is 280 g/mol. The van der Waals surface area contributed by atoms with E-state index in [1.54, 1.807) is 0 Å². The zero-order chi connectivity index (χ0) is 15.8. The van der Waals surface area contributed by atoms with Crippen LogP contribution in [0.25, 0.3) is 0 Å². The Kier molecular flexibility index (Phi) is 3.60. The largest absolute Gasteiger partial charge is 0.388 e. The van der Waals surface area contributed by atoms with Crippen molar-refractivity contribution in [1.29, 1.82) is 0 Å². The number of allylic oxidation sites excluding steroid dienone is 2. The summed E-state index contributed by atoms with van der Waals surface area (Å²) in [6.45, 7) is 0. The number of anilines is 2. The molecule has 2 N–H and O–H groups in total. The van der Waals surface area contributed by atoms with Crippen LogP contribution in [0.1, 0.15) is 29.4 Å². The van der Waals surface area contributed by atoms with Crippen LogP contribution < -0.4 is 10.6 Å². The highest BCUT2D eigenvalue weighted by molar-refractivity contribution is 5.59. The van der Waals surface area contributed by atoms with Crippen LogP contribution in [0, 0.1) is 11.8 Å². The molecule has 1 fully saturated rings. The highest BCUT2D eigenvalue weighted by Crippen LogP contribution is 2.59. The van der Waals surface area contributed by atoms with Gasteiger partial charge in [-0.3, -0.25) is 0 Å². The Morgan fingerprint density at radius 1 is 0.696 bits per heavy atom. The van der Waals surface area contributed by atoms with Crippen LogP contribution >= 0.6 is 0 Å². The molecule has 4 rings (SSSR count). The van der Waals surface area contributed by atoms with Gasteiger partial charge in [0.25, 0.3) is 0 Å². The maximum atomic E-state index is 3.39. The molecule has 0 aromatic heterocycles. The van der Waals surface area contributed by atoms with Gasteiger partial charge in [0.1, 0.15) is 0 Å². The molecule has 0 saturated heterocycles. The van der Waals surface area contributed by atoms with E-state index in [9.17, 15) is 0 Å². The number of nitrogens with one attached hydrogen (secondary N) is 2. The summed E-state index contributed by atoms with van der Waals surface area (Å²) in [6.07, 6.45) is 6.17. The van der Waals surface area contributed by atoms with E-state index in [-0.39, 0.29) is 0 Å². The molecule has 0 radical (unpaired) electrons. The zero-order valence-corrected chi connectivity index (χ0v) is 13.8. The first-order chi connectivity index (χ1) is 11.3. The van der Waals surface area contributed by atoms with E-state index in [2.05, 4.69) is 71.3 Å². The Bertz CT molecular complexity index is 673. The van der Waals surface area contributed by atoms with Crippen LogP contribution in [0.4, 0.5) is 11.4 Å². The number of fused-ring (bicyclic) bond motifs is 2. The third-order valence-corrected chi connectivity index (χ3v) is 5.64. The third-order valence-electron chi connectivity index (χ3n) is 5.64. The van der Waals surface area contributed by atoms with Crippen LogP contribution in [0.15, 0.2) is 60.7 Å². The molecule has 23 heavy (non-hydrogen) atoms. The monoisotopic (exact) mass is 304 g/mol. The minimum Gasteiger partial charge on any atom is -0.388 e. The van der Waals surface area contributed by atoms with Gasteiger partial charge in [-0.05, 0) is 53.4 Å². The minimum atomic E-state index is 0.558. The number of benzene rings is 2. The Labute approximate surface area is 138 Å². The van der Waals surface area contributed by atoms with Gasteiger partial charge >= 0.3 is 0 Å². The maximum Gasteiger partial charge on any atom is 0.0373 e. The molecule has 2 aliphatic carbocycles. The molecule has 118 valence electrons. The van der Waals surface area contributed by atoms with Gasteiger partial charge in [0.05, 0.1) is 0 Å². The summed E-state index contributed by atoms with van der Waals surface area (Å²) >= 11 is 0. The number of hydrogen-bond donors (Lipinski definition) is 2. The third kappa shape index (κ3) is 2.24. The van der Waals surface area contributed by atoms with E-state index in [4.69, 9.17) is 0 Å². The second kappa shape index (κ2) is 5.77. The van der Waals surface area contributed by atoms with Crippen LogP contribution in [-0.4, -0.2) is 14.1 Å². The van der Waals surface area contributed by atoms with Crippen molar-refractivity contribution in [3.63, 3.8) is 0 Å². The minimum absolute atomic E-state index is 0.558. The number of para-hydroxylation sites is 2. The standard InChI is InChI=1S/C21H24N2/c1-22-18-9-5-3-7-16(18)20-14-11-12-15(13-14)21(20)17-8-4-6-10-19(17)23-2/h3-12,14-15,20-23H,13H2,1-2H3. The van der Waals surface area contributed by atoms with Crippen molar-refractivity contribution in [3.05, 3.63) is 71.8 Å². The molecule has 2 bridgehead atoms. The highest BCUT2D eigenvalue weighted by Gasteiger charge is 2.46. The molecule has 1 saturated carbocycles. The maximum absolute atomic E-state index is 3.39. The first-order valence-corrected chi connectivity index (χ1v) is 8.55.